The minimum atomic E-state index is -3.67. The monoisotopic (exact) mass is 286 g/mol. The number of amides is 1. The van der Waals surface area contributed by atoms with Gasteiger partial charge in [0.25, 0.3) is 5.91 Å². The molecule has 2 aliphatic heterocycles. The van der Waals surface area contributed by atoms with Crippen molar-refractivity contribution < 1.29 is 27.8 Å². The second-order valence-corrected chi connectivity index (χ2v) is 4.38. The molecule has 1 aromatic carbocycles. The first-order valence-corrected chi connectivity index (χ1v) is 6.07. The van der Waals surface area contributed by atoms with Gasteiger partial charge in [-0.3, -0.25) is 4.79 Å². The van der Waals surface area contributed by atoms with Crippen LogP contribution in [-0.2, 0) is 9.53 Å². The molecule has 1 saturated heterocycles. The fourth-order valence-electron chi connectivity index (χ4n) is 1.98. The van der Waals surface area contributed by atoms with Gasteiger partial charge < -0.3 is 24.8 Å². The minimum Gasteiger partial charge on any atom is -0.395 e. The van der Waals surface area contributed by atoms with Gasteiger partial charge in [0.2, 0.25) is 0 Å². The van der Waals surface area contributed by atoms with E-state index in [1.165, 1.54) is 18.2 Å². The van der Waals surface area contributed by atoms with Gasteiger partial charge in [-0.05, 0) is 12.1 Å². The summed E-state index contributed by atoms with van der Waals surface area (Å²) in [6, 6.07) is 4.05. The third kappa shape index (κ3) is 2.66. The number of hydrogen-bond acceptors (Lipinski definition) is 5. The fourth-order valence-corrected chi connectivity index (χ4v) is 1.98. The molecular formula is C12H12F2N2O4. The Morgan fingerprint density at radius 2 is 2.15 bits per heavy atom. The Morgan fingerprint density at radius 1 is 1.35 bits per heavy atom. The topological polar surface area (TPSA) is 68.8 Å². The molecule has 3 rings (SSSR count). The zero-order valence-corrected chi connectivity index (χ0v) is 10.3. The Morgan fingerprint density at radius 3 is 2.90 bits per heavy atom. The molecule has 8 heteroatoms. The van der Waals surface area contributed by atoms with Crippen LogP contribution in [0.4, 0.5) is 14.5 Å². The molecule has 6 nitrogen and oxygen atoms in total. The quantitative estimate of drug-likeness (QED) is 0.846. The lowest BCUT2D eigenvalue weighted by Crippen LogP contribution is -2.45. The molecule has 0 spiro atoms. The lowest BCUT2D eigenvalue weighted by atomic mass is 10.2. The van der Waals surface area contributed by atoms with Gasteiger partial charge in [0.1, 0.15) is 6.10 Å². The smallest absolute Gasteiger partial charge is 0.395 e. The van der Waals surface area contributed by atoms with Gasteiger partial charge in [-0.2, -0.15) is 0 Å². The molecular weight excluding hydrogens is 274 g/mol. The van der Waals surface area contributed by atoms with E-state index in [-0.39, 0.29) is 17.4 Å². The number of halogens is 2. The molecule has 1 fully saturated rings. The highest BCUT2D eigenvalue weighted by molar-refractivity contribution is 5.94. The summed E-state index contributed by atoms with van der Waals surface area (Å²) in [5, 5.41) is 5.61. The third-order valence-corrected chi connectivity index (χ3v) is 2.89. The number of carbonyl (C=O) groups is 1. The summed E-state index contributed by atoms with van der Waals surface area (Å²) in [7, 11) is 0. The van der Waals surface area contributed by atoms with Crippen LogP contribution >= 0.6 is 0 Å². The van der Waals surface area contributed by atoms with E-state index >= 15 is 0 Å². The average Bonchev–Trinajstić information content (AvgIpc) is 2.73. The van der Waals surface area contributed by atoms with Gasteiger partial charge in [0, 0.05) is 24.8 Å². The van der Waals surface area contributed by atoms with Crippen LogP contribution in [0.1, 0.15) is 0 Å². The van der Waals surface area contributed by atoms with Crippen molar-refractivity contribution in [3.63, 3.8) is 0 Å². The summed E-state index contributed by atoms with van der Waals surface area (Å²) in [6.07, 6.45) is -4.27. The number of carbonyl (C=O) groups excluding carboxylic acids is 1. The van der Waals surface area contributed by atoms with E-state index in [1.54, 1.807) is 0 Å². The summed E-state index contributed by atoms with van der Waals surface area (Å²) in [5.74, 6) is -0.526. The van der Waals surface area contributed by atoms with Crippen LogP contribution in [0, 0.1) is 0 Å². The van der Waals surface area contributed by atoms with Crippen LogP contribution in [0.25, 0.3) is 0 Å². The van der Waals surface area contributed by atoms with Gasteiger partial charge >= 0.3 is 6.29 Å². The Labute approximate surface area is 113 Å². The molecule has 0 aromatic heterocycles. The molecule has 1 atom stereocenters. The van der Waals surface area contributed by atoms with E-state index in [9.17, 15) is 13.6 Å². The zero-order valence-electron chi connectivity index (χ0n) is 10.3. The van der Waals surface area contributed by atoms with Crippen molar-refractivity contribution in [2.75, 3.05) is 25.0 Å². The maximum Gasteiger partial charge on any atom is 0.586 e. The molecule has 0 bridgehead atoms. The molecule has 108 valence electrons. The molecule has 2 aliphatic rings. The predicted octanol–water partition coefficient (Wildman–Crippen LogP) is 0.935. The Kier molecular flexibility index (Phi) is 3.19. The highest BCUT2D eigenvalue weighted by Gasteiger charge is 2.43. The van der Waals surface area contributed by atoms with Crippen LogP contribution in [0.3, 0.4) is 0 Å². The maximum atomic E-state index is 12.9. The van der Waals surface area contributed by atoms with Crippen LogP contribution < -0.4 is 20.1 Å². The first-order chi connectivity index (χ1) is 9.53. The molecule has 1 aromatic rings. The van der Waals surface area contributed by atoms with E-state index in [0.29, 0.717) is 25.4 Å². The zero-order chi connectivity index (χ0) is 14.2. The highest BCUT2D eigenvalue weighted by Crippen LogP contribution is 2.42. The van der Waals surface area contributed by atoms with Crippen molar-refractivity contribution in [1.82, 2.24) is 5.32 Å². The van der Waals surface area contributed by atoms with Crippen LogP contribution in [0.15, 0.2) is 18.2 Å². The predicted molar refractivity (Wildman–Crippen MR) is 63.9 cm³/mol. The van der Waals surface area contributed by atoms with E-state index in [4.69, 9.17) is 4.74 Å². The molecule has 1 amide bonds. The highest BCUT2D eigenvalue weighted by atomic mass is 19.3. The van der Waals surface area contributed by atoms with E-state index in [0.717, 1.165) is 0 Å². The summed E-state index contributed by atoms with van der Waals surface area (Å²) in [6.45, 7) is 1.56. The van der Waals surface area contributed by atoms with Crippen molar-refractivity contribution in [3.8, 4) is 11.5 Å². The van der Waals surface area contributed by atoms with Gasteiger partial charge in [-0.15, -0.1) is 8.78 Å². The van der Waals surface area contributed by atoms with E-state index < -0.39 is 12.4 Å². The number of fused-ring (bicyclic) bond motifs is 1. The van der Waals surface area contributed by atoms with Gasteiger partial charge in [-0.1, -0.05) is 0 Å². The maximum absolute atomic E-state index is 12.9. The average molecular weight is 286 g/mol. The number of benzene rings is 1. The molecule has 0 radical (unpaired) electrons. The number of alkyl halides is 2. The normalized spacial score (nSPS) is 23.4. The number of morpholine rings is 1. The minimum absolute atomic E-state index is 0.0661. The molecule has 0 aliphatic carbocycles. The van der Waals surface area contributed by atoms with Crippen molar-refractivity contribution in [2.24, 2.45) is 0 Å². The number of anilines is 1. The third-order valence-electron chi connectivity index (χ3n) is 2.89. The van der Waals surface area contributed by atoms with Gasteiger partial charge in [-0.25, -0.2) is 0 Å². The van der Waals surface area contributed by atoms with E-state index in [1.807, 2.05) is 0 Å². The number of hydrogen-bond donors (Lipinski definition) is 2. The standard InChI is InChI=1S/C12H12F2N2O4/c13-12(14)19-8-2-1-7(5-9(8)20-12)16-11(17)10-6-15-3-4-18-10/h1-2,5,10,15H,3-4,6H2,(H,16,17). The number of nitrogens with one attached hydrogen (secondary N) is 2. The lowest BCUT2D eigenvalue weighted by Gasteiger charge is -2.22. The van der Waals surface area contributed by atoms with E-state index in [2.05, 4.69) is 20.1 Å². The molecule has 2 heterocycles. The Bertz CT molecular complexity index is 532. The van der Waals surface area contributed by atoms with Crippen LogP contribution in [0.5, 0.6) is 11.5 Å². The van der Waals surface area contributed by atoms with Gasteiger partial charge in [0.15, 0.2) is 11.5 Å². The summed E-state index contributed by atoms with van der Waals surface area (Å²) >= 11 is 0. The summed E-state index contributed by atoms with van der Waals surface area (Å²) in [4.78, 5) is 11.9. The Balaban J connectivity index is 1.68. The largest absolute Gasteiger partial charge is 0.586 e. The molecule has 1 unspecified atom stereocenters. The second kappa shape index (κ2) is 4.88. The SMILES string of the molecule is O=C(Nc1ccc2c(c1)OC(F)(F)O2)C1CNCCO1. The van der Waals surface area contributed by atoms with Crippen LogP contribution in [0.2, 0.25) is 0 Å². The van der Waals surface area contributed by atoms with Gasteiger partial charge in [0.05, 0.1) is 6.61 Å². The molecule has 2 N–H and O–H groups in total. The molecule has 20 heavy (non-hydrogen) atoms. The second-order valence-electron chi connectivity index (χ2n) is 4.38. The first-order valence-electron chi connectivity index (χ1n) is 6.07. The van der Waals surface area contributed by atoms with Crippen molar-refractivity contribution >= 4 is 11.6 Å². The van der Waals surface area contributed by atoms with Crippen LogP contribution in [-0.4, -0.2) is 38.0 Å². The Hall–Kier alpha value is -1.93. The van der Waals surface area contributed by atoms with Crippen molar-refractivity contribution in [3.05, 3.63) is 18.2 Å². The lowest BCUT2D eigenvalue weighted by molar-refractivity contribution is -0.286. The first kappa shape index (κ1) is 13.1. The number of ether oxygens (including phenoxy) is 3. The summed E-state index contributed by atoms with van der Waals surface area (Å²) in [5.41, 5.74) is 0.337. The fraction of sp³-hybridized carbons (Fsp3) is 0.417. The molecule has 0 saturated carbocycles. The van der Waals surface area contributed by atoms with Crippen molar-refractivity contribution in [2.45, 2.75) is 12.4 Å². The number of rotatable bonds is 2. The van der Waals surface area contributed by atoms with Crippen molar-refractivity contribution in [1.29, 1.82) is 0 Å². The summed E-state index contributed by atoms with van der Waals surface area (Å²) < 4.78 is 39.6.